The van der Waals surface area contributed by atoms with Crippen LogP contribution in [0.15, 0.2) is 29.2 Å². The number of pyridine rings is 2. The van der Waals surface area contributed by atoms with Crippen molar-refractivity contribution in [1.82, 2.24) is 20.2 Å². The van der Waals surface area contributed by atoms with Gasteiger partial charge >= 0.3 is 0 Å². The molecule has 0 radical (unpaired) electrons. The molecule has 0 spiro atoms. The van der Waals surface area contributed by atoms with Gasteiger partial charge in [0.05, 0.1) is 17.0 Å². The second-order valence-corrected chi connectivity index (χ2v) is 5.86. The van der Waals surface area contributed by atoms with Crippen LogP contribution in [0.3, 0.4) is 0 Å². The molecule has 1 aliphatic carbocycles. The second kappa shape index (κ2) is 5.40. The fraction of sp³-hybridized carbons (Fsp3) is 0.353. The van der Waals surface area contributed by atoms with Crippen LogP contribution in [0.5, 0.6) is 0 Å². The third-order valence-electron chi connectivity index (χ3n) is 4.43. The molecule has 0 saturated heterocycles. The second-order valence-electron chi connectivity index (χ2n) is 5.86. The first kappa shape index (κ1) is 13.2. The van der Waals surface area contributed by atoms with Gasteiger partial charge in [-0.05, 0) is 43.4 Å². The van der Waals surface area contributed by atoms with Gasteiger partial charge in [0.2, 0.25) is 0 Å². The minimum absolute atomic E-state index is 0.142. The summed E-state index contributed by atoms with van der Waals surface area (Å²) in [5.74, 6) is 0. The molecular weight excluding hydrogens is 276 g/mol. The highest BCUT2D eigenvalue weighted by Gasteiger charge is 2.25. The number of nitrogens with zero attached hydrogens (tertiary/aromatic N) is 2. The van der Waals surface area contributed by atoms with Crippen molar-refractivity contribution in [2.75, 3.05) is 0 Å². The van der Waals surface area contributed by atoms with Crippen LogP contribution in [0.25, 0.3) is 22.6 Å². The maximum Gasteiger partial charge on any atom is 0.275 e. The lowest BCUT2D eigenvalue weighted by Gasteiger charge is -2.18. The quantitative estimate of drug-likeness (QED) is 0.724. The van der Waals surface area contributed by atoms with Gasteiger partial charge in [0, 0.05) is 11.9 Å². The molecule has 1 aromatic heterocycles. The summed E-state index contributed by atoms with van der Waals surface area (Å²) in [5.41, 5.74) is 5.30. The normalized spacial score (nSPS) is 15.3. The van der Waals surface area contributed by atoms with Crippen molar-refractivity contribution in [2.24, 2.45) is 0 Å². The zero-order valence-corrected chi connectivity index (χ0v) is 12.4. The predicted molar refractivity (Wildman–Crippen MR) is 84.9 cm³/mol. The van der Waals surface area contributed by atoms with Gasteiger partial charge in [-0.25, -0.2) is 5.10 Å². The Morgan fingerprint density at radius 1 is 1.05 bits per heavy atom. The summed E-state index contributed by atoms with van der Waals surface area (Å²) < 4.78 is 0. The third kappa shape index (κ3) is 2.13. The first-order valence-corrected chi connectivity index (χ1v) is 7.88. The molecule has 0 atom stereocenters. The topological polar surface area (TPSA) is 74.4 Å². The van der Waals surface area contributed by atoms with Crippen molar-refractivity contribution < 1.29 is 0 Å². The molecule has 2 N–H and O–H groups in total. The molecule has 0 fully saturated rings. The molecule has 1 aromatic rings. The molecule has 22 heavy (non-hydrogen) atoms. The molecule has 0 bridgehead atoms. The van der Waals surface area contributed by atoms with Crippen LogP contribution in [0.2, 0.25) is 0 Å². The molecule has 0 amide bonds. The van der Waals surface area contributed by atoms with E-state index in [0.29, 0.717) is 5.56 Å². The number of aromatic nitrogens is 4. The number of fused-ring (bicyclic) bond motifs is 3. The molecule has 5 nitrogen and oxygen atoms in total. The van der Waals surface area contributed by atoms with Gasteiger partial charge in [0.25, 0.3) is 5.56 Å². The summed E-state index contributed by atoms with van der Waals surface area (Å²) in [6.07, 6.45) is 8.57. The molecule has 3 heterocycles. The Hall–Kier alpha value is -2.43. The van der Waals surface area contributed by atoms with Gasteiger partial charge in [-0.1, -0.05) is 18.9 Å². The molecule has 0 saturated carbocycles. The van der Waals surface area contributed by atoms with E-state index in [9.17, 15) is 4.79 Å². The van der Waals surface area contributed by atoms with Crippen molar-refractivity contribution >= 4 is 0 Å². The van der Waals surface area contributed by atoms with Gasteiger partial charge < -0.3 is 4.98 Å². The minimum atomic E-state index is -0.142. The van der Waals surface area contributed by atoms with Gasteiger partial charge in [0.15, 0.2) is 0 Å². The molecule has 5 heteroatoms. The molecule has 2 aliphatic heterocycles. The first-order chi connectivity index (χ1) is 10.8. The lowest BCUT2D eigenvalue weighted by atomic mass is 9.92. The number of aryl methyl sites for hydroxylation is 1. The molecule has 0 unspecified atom stereocenters. The smallest absolute Gasteiger partial charge is 0.275 e. The highest BCUT2D eigenvalue weighted by atomic mass is 16.1. The van der Waals surface area contributed by atoms with Crippen molar-refractivity contribution in [3.63, 3.8) is 0 Å². The van der Waals surface area contributed by atoms with Crippen molar-refractivity contribution in [3.8, 4) is 22.6 Å². The maximum atomic E-state index is 12.2. The van der Waals surface area contributed by atoms with Crippen LogP contribution in [-0.2, 0) is 12.8 Å². The zero-order chi connectivity index (χ0) is 14.9. The van der Waals surface area contributed by atoms with Crippen LogP contribution in [0.1, 0.15) is 36.9 Å². The standard InChI is InChI=1S/C17H18N4O/c22-17-14-15(20-21-17)11-7-3-1-2-4-8-12(11)19-16(14)13-9-5-6-10-18-13/h5-6,9-10,19H,1-4,7-8H2,(H,21,22). The minimum Gasteiger partial charge on any atom is -0.356 e. The van der Waals surface area contributed by atoms with Crippen LogP contribution < -0.4 is 5.56 Å². The van der Waals surface area contributed by atoms with Gasteiger partial charge in [-0.3, -0.25) is 9.78 Å². The lowest BCUT2D eigenvalue weighted by molar-refractivity contribution is 0.609. The van der Waals surface area contributed by atoms with Crippen LogP contribution >= 0.6 is 0 Å². The van der Waals surface area contributed by atoms with Crippen LogP contribution in [-0.4, -0.2) is 20.2 Å². The fourth-order valence-corrected chi connectivity index (χ4v) is 3.35. The lowest BCUT2D eigenvalue weighted by Crippen LogP contribution is -2.11. The van der Waals surface area contributed by atoms with Gasteiger partial charge in [-0.15, -0.1) is 0 Å². The van der Waals surface area contributed by atoms with E-state index in [1.54, 1.807) is 6.20 Å². The van der Waals surface area contributed by atoms with E-state index in [2.05, 4.69) is 20.2 Å². The SMILES string of the molecule is O=c1[nH]nc2c3c([nH]c(-c4ccccn4)c1-2)CCCCCC3. The largest absolute Gasteiger partial charge is 0.356 e. The van der Waals surface area contributed by atoms with Crippen molar-refractivity contribution in [2.45, 2.75) is 38.5 Å². The van der Waals surface area contributed by atoms with E-state index in [1.165, 1.54) is 30.5 Å². The summed E-state index contributed by atoms with van der Waals surface area (Å²) in [7, 11) is 0. The van der Waals surface area contributed by atoms with E-state index in [0.717, 1.165) is 36.3 Å². The van der Waals surface area contributed by atoms with E-state index >= 15 is 0 Å². The Morgan fingerprint density at radius 3 is 2.73 bits per heavy atom. The Bertz CT molecular complexity index is 819. The van der Waals surface area contributed by atoms with E-state index in [4.69, 9.17) is 0 Å². The highest BCUT2D eigenvalue weighted by molar-refractivity contribution is 5.80. The summed E-state index contributed by atoms with van der Waals surface area (Å²) in [6, 6.07) is 5.73. The molecule has 0 aromatic carbocycles. The Labute approximate surface area is 128 Å². The highest BCUT2D eigenvalue weighted by Crippen LogP contribution is 2.33. The van der Waals surface area contributed by atoms with E-state index in [-0.39, 0.29) is 5.56 Å². The molecule has 112 valence electrons. The molecular formula is C17H18N4O. The summed E-state index contributed by atoms with van der Waals surface area (Å²) in [6.45, 7) is 0. The van der Waals surface area contributed by atoms with Crippen LogP contribution in [0, 0.1) is 0 Å². The van der Waals surface area contributed by atoms with Crippen LogP contribution in [0.4, 0.5) is 0 Å². The number of aromatic amines is 2. The zero-order valence-electron chi connectivity index (χ0n) is 12.4. The van der Waals surface area contributed by atoms with Gasteiger partial charge in [0.1, 0.15) is 5.69 Å². The van der Waals surface area contributed by atoms with Crippen molar-refractivity contribution in [1.29, 1.82) is 0 Å². The Kier molecular flexibility index (Phi) is 3.25. The van der Waals surface area contributed by atoms with Gasteiger partial charge in [-0.2, -0.15) is 5.10 Å². The Balaban J connectivity index is 1.99. The summed E-state index contributed by atoms with van der Waals surface area (Å²) >= 11 is 0. The number of nitrogens with one attached hydrogen (secondary N) is 2. The number of H-pyrrole nitrogens is 2. The monoisotopic (exact) mass is 294 g/mol. The van der Waals surface area contributed by atoms with E-state index < -0.39 is 0 Å². The average Bonchev–Trinajstić information content (AvgIpc) is 2.90. The maximum absolute atomic E-state index is 12.2. The summed E-state index contributed by atoms with van der Waals surface area (Å²) in [4.78, 5) is 20.1. The fourth-order valence-electron chi connectivity index (χ4n) is 3.35. The number of rotatable bonds is 1. The first-order valence-electron chi connectivity index (χ1n) is 7.88. The number of hydrogen-bond donors (Lipinski definition) is 2. The predicted octanol–water partition coefficient (Wildman–Crippen LogP) is 2.92. The Morgan fingerprint density at radius 2 is 1.91 bits per heavy atom. The molecule has 3 aliphatic rings. The average molecular weight is 294 g/mol. The number of hydrogen-bond acceptors (Lipinski definition) is 3. The summed E-state index contributed by atoms with van der Waals surface area (Å²) in [5, 5.41) is 6.92. The van der Waals surface area contributed by atoms with E-state index in [1.807, 2.05) is 18.2 Å². The van der Waals surface area contributed by atoms with Crippen molar-refractivity contribution in [3.05, 3.63) is 46.0 Å². The molecule has 4 rings (SSSR count). The third-order valence-corrected chi connectivity index (χ3v) is 4.43.